The highest BCUT2D eigenvalue weighted by atomic mass is 16.4. The van der Waals surface area contributed by atoms with Gasteiger partial charge in [-0.25, -0.2) is 4.98 Å². The van der Waals surface area contributed by atoms with E-state index in [2.05, 4.69) is 4.98 Å². The van der Waals surface area contributed by atoms with Crippen LogP contribution >= 0.6 is 0 Å². The zero-order valence-corrected chi connectivity index (χ0v) is 8.21. The van der Waals surface area contributed by atoms with Crippen molar-refractivity contribution in [3.8, 4) is 0 Å². The van der Waals surface area contributed by atoms with Crippen LogP contribution in [-0.2, 0) is 4.79 Å². The van der Waals surface area contributed by atoms with Crippen molar-refractivity contribution >= 4 is 11.5 Å². The summed E-state index contributed by atoms with van der Waals surface area (Å²) in [6, 6.07) is 4.32. The summed E-state index contributed by atoms with van der Waals surface area (Å²) < 4.78 is 1.70. The van der Waals surface area contributed by atoms with Crippen molar-refractivity contribution in [2.75, 3.05) is 0 Å². The first-order chi connectivity index (χ1) is 7.11. The third-order valence-electron chi connectivity index (χ3n) is 2.38. The number of pyridine rings is 1. The largest absolute Gasteiger partial charge is 0.480 e. The van der Waals surface area contributed by atoms with Crippen LogP contribution in [-0.4, -0.2) is 20.5 Å². The number of nitrogens with zero attached hydrogens (tertiary/aromatic N) is 2. The average Bonchev–Trinajstić information content (AvgIpc) is 2.59. The molecule has 15 heavy (non-hydrogen) atoms. The number of aryl methyl sites for hydroxylation is 1. The molecule has 0 saturated carbocycles. The minimum absolute atomic E-state index is 0.528. The van der Waals surface area contributed by atoms with Gasteiger partial charge >= 0.3 is 5.97 Å². The lowest BCUT2D eigenvalue weighted by Crippen LogP contribution is -2.22. The van der Waals surface area contributed by atoms with Crippen molar-refractivity contribution in [3.63, 3.8) is 0 Å². The maximum Gasteiger partial charge on any atom is 0.326 e. The Morgan fingerprint density at radius 2 is 2.33 bits per heavy atom. The van der Waals surface area contributed by atoms with Gasteiger partial charge in [0.25, 0.3) is 0 Å². The summed E-state index contributed by atoms with van der Waals surface area (Å²) in [6.07, 6.45) is 1.59. The van der Waals surface area contributed by atoms with Gasteiger partial charge in [0.1, 0.15) is 6.04 Å². The molecule has 5 nitrogen and oxygen atoms in total. The standard InChI is InChI=1S/C10H11N3O2/c1-6-7-3-2-4-8(9(11)10(14)15)13(7)5-12-6/h2-5,9H,11H2,1H3,(H,14,15). The molecule has 0 amide bonds. The number of rotatable bonds is 2. The quantitative estimate of drug-likeness (QED) is 0.757. The smallest absolute Gasteiger partial charge is 0.326 e. The van der Waals surface area contributed by atoms with Crippen LogP contribution in [0.25, 0.3) is 5.52 Å². The van der Waals surface area contributed by atoms with E-state index in [1.165, 1.54) is 0 Å². The Kier molecular flexibility index (Phi) is 2.17. The highest BCUT2D eigenvalue weighted by Gasteiger charge is 2.17. The van der Waals surface area contributed by atoms with Crippen molar-refractivity contribution in [1.29, 1.82) is 0 Å². The van der Waals surface area contributed by atoms with Gasteiger partial charge in [-0.15, -0.1) is 0 Å². The molecule has 0 radical (unpaired) electrons. The van der Waals surface area contributed by atoms with Crippen LogP contribution in [0.15, 0.2) is 24.5 Å². The highest BCUT2D eigenvalue weighted by molar-refractivity contribution is 5.75. The van der Waals surface area contributed by atoms with Gasteiger partial charge in [0.05, 0.1) is 23.2 Å². The normalized spacial score (nSPS) is 12.9. The molecule has 0 bridgehead atoms. The first-order valence-corrected chi connectivity index (χ1v) is 4.52. The molecule has 2 aromatic rings. The molecule has 0 spiro atoms. The van der Waals surface area contributed by atoms with Crippen molar-refractivity contribution in [2.45, 2.75) is 13.0 Å². The van der Waals surface area contributed by atoms with Gasteiger partial charge in [-0.1, -0.05) is 6.07 Å². The maximum atomic E-state index is 10.8. The van der Waals surface area contributed by atoms with E-state index in [4.69, 9.17) is 10.8 Å². The number of carbonyl (C=O) groups is 1. The second kappa shape index (κ2) is 3.36. The van der Waals surface area contributed by atoms with Crippen LogP contribution in [0, 0.1) is 6.92 Å². The van der Waals surface area contributed by atoms with Gasteiger partial charge in [0, 0.05) is 0 Å². The second-order valence-electron chi connectivity index (χ2n) is 3.35. The number of carboxylic acids is 1. The fourth-order valence-electron chi connectivity index (χ4n) is 1.55. The highest BCUT2D eigenvalue weighted by Crippen LogP contribution is 2.16. The lowest BCUT2D eigenvalue weighted by molar-refractivity contribution is -0.138. The number of hydrogen-bond acceptors (Lipinski definition) is 3. The molecule has 0 aromatic carbocycles. The number of hydrogen-bond donors (Lipinski definition) is 2. The monoisotopic (exact) mass is 205 g/mol. The first-order valence-electron chi connectivity index (χ1n) is 4.52. The van der Waals surface area contributed by atoms with E-state index in [0.29, 0.717) is 5.69 Å². The molecule has 2 aromatic heterocycles. The molecule has 78 valence electrons. The molecule has 2 rings (SSSR count). The molecule has 0 aliphatic rings. The summed E-state index contributed by atoms with van der Waals surface area (Å²) in [5.74, 6) is -1.05. The Hall–Kier alpha value is -1.88. The lowest BCUT2D eigenvalue weighted by atomic mass is 10.2. The summed E-state index contributed by atoms with van der Waals surface area (Å²) in [5.41, 5.74) is 7.83. The SMILES string of the molecule is Cc1ncn2c(C(N)C(=O)O)cccc12. The topological polar surface area (TPSA) is 80.6 Å². The molecular formula is C10H11N3O2. The van der Waals surface area contributed by atoms with E-state index < -0.39 is 12.0 Å². The average molecular weight is 205 g/mol. The third kappa shape index (κ3) is 1.46. The number of nitrogens with two attached hydrogens (primary N) is 1. The predicted octanol–water partition coefficient (Wildman–Crippen LogP) is 0.727. The Balaban J connectivity index is 2.66. The van der Waals surface area contributed by atoms with Gasteiger partial charge in [0.15, 0.2) is 0 Å². The zero-order chi connectivity index (χ0) is 11.0. The van der Waals surface area contributed by atoms with Gasteiger partial charge in [0.2, 0.25) is 0 Å². The molecule has 1 atom stereocenters. The lowest BCUT2D eigenvalue weighted by Gasteiger charge is -2.09. The molecule has 0 aliphatic heterocycles. The van der Waals surface area contributed by atoms with E-state index in [1.807, 2.05) is 13.0 Å². The summed E-state index contributed by atoms with van der Waals surface area (Å²) in [6.45, 7) is 1.87. The number of carboxylic acid groups (broad SMARTS) is 1. The fraction of sp³-hybridized carbons (Fsp3) is 0.200. The predicted molar refractivity (Wildman–Crippen MR) is 54.5 cm³/mol. The minimum Gasteiger partial charge on any atom is -0.480 e. The molecule has 1 unspecified atom stereocenters. The number of fused-ring (bicyclic) bond motifs is 1. The Morgan fingerprint density at radius 1 is 1.60 bits per heavy atom. The Bertz CT molecular complexity index is 518. The molecule has 5 heteroatoms. The van der Waals surface area contributed by atoms with Gasteiger partial charge in [-0.3, -0.25) is 4.79 Å². The molecule has 3 N–H and O–H groups in total. The van der Waals surface area contributed by atoms with Crippen molar-refractivity contribution < 1.29 is 9.90 Å². The summed E-state index contributed by atoms with van der Waals surface area (Å²) in [5, 5.41) is 8.84. The zero-order valence-electron chi connectivity index (χ0n) is 8.21. The number of aliphatic carboxylic acids is 1. The third-order valence-corrected chi connectivity index (χ3v) is 2.38. The molecular weight excluding hydrogens is 194 g/mol. The summed E-state index contributed by atoms with van der Waals surface area (Å²) in [4.78, 5) is 14.9. The fourth-order valence-corrected chi connectivity index (χ4v) is 1.55. The van der Waals surface area contributed by atoms with Crippen LogP contribution in [0.3, 0.4) is 0 Å². The molecule has 0 aliphatic carbocycles. The first kappa shape index (κ1) is 9.67. The van der Waals surface area contributed by atoms with Crippen LogP contribution in [0.2, 0.25) is 0 Å². The van der Waals surface area contributed by atoms with Gasteiger partial charge in [-0.05, 0) is 19.1 Å². The van der Waals surface area contributed by atoms with E-state index in [1.54, 1.807) is 22.9 Å². The van der Waals surface area contributed by atoms with Crippen LogP contribution in [0.1, 0.15) is 17.4 Å². The van der Waals surface area contributed by atoms with Crippen LogP contribution < -0.4 is 5.73 Å². The maximum absolute atomic E-state index is 10.8. The van der Waals surface area contributed by atoms with E-state index >= 15 is 0 Å². The number of aromatic nitrogens is 2. The van der Waals surface area contributed by atoms with E-state index in [0.717, 1.165) is 11.2 Å². The summed E-state index contributed by atoms with van der Waals surface area (Å²) >= 11 is 0. The van der Waals surface area contributed by atoms with Gasteiger partial charge in [-0.2, -0.15) is 0 Å². The van der Waals surface area contributed by atoms with Crippen molar-refractivity contribution in [3.05, 3.63) is 35.9 Å². The second-order valence-corrected chi connectivity index (χ2v) is 3.35. The van der Waals surface area contributed by atoms with Crippen LogP contribution in [0.5, 0.6) is 0 Å². The van der Waals surface area contributed by atoms with E-state index in [9.17, 15) is 4.79 Å². The molecule has 0 saturated heterocycles. The Morgan fingerprint density at radius 3 is 3.00 bits per heavy atom. The van der Waals surface area contributed by atoms with Crippen molar-refractivity contribution in [2.24, 2.45) is 5.73 Å². The van der Waals surface area contributed by atoms with Crippen LogP contribution in [0.4, 0.5) is 0 Å². The van der Waals surface area contributed by atoms with E-state index in [-0.39, 0.29) is 0 Å². The Labute approximate surface area is 86.2 Å². The molecule has 0 fully saturated rings. The summed E-state index contributed by atoms with van der Waals surface area (Å²) in [7, 11) is 0. The van der Waals surface area contributed by atoms with Gasteiger partial charge < -0.3 is 15.2 Å². The minimum atomic E-state index is -1.05. The molecule has 2 heterocycles. The van der Waals surface area contributed by atoms with Crippen molar-refractivity contribution in [1.82, 2.24) is 9.38 Å². The number of imidazole rings is 1.